The summed E-state index contributed by atoms with van der Waals surface area (Å²) in [6.07, 6.45) is 25.9. The van der Waals surface area contributed by atoms with Gasteiger partial charge in [0, 0.05) is 37.9 Å². The summed E-state index contributed by atoms with van der Waals surface area (Å²) < 4.78 is 0. The summed E-state index contributed by atoms with van der Waals surface area (Å²) in [6.45, 7) is 10.7. The van der Waals surface area contributed by atoms with E-state index in [9.17, 15) is 4.79 Å². The molecule has 1 amide bonds. The van der Waals surface area contributed by atoms with E-state index < -0.39 is 0 Å². The zero-order valence-corrected chi connectivity index (χ0v) is 24.3. The van der Waals surface area contributed by atoms with E-state index in [4.69, 9.17) is 0 Å². The summed E-state index contributed by atoms with van der Waals surface area (Å²) >= 11 is 0. The lowest BCUT2D eigenvalue weighted by Gasteiger charge is -2.18. The molecule has 0 aliphatic carbocycles. The average molecular weight is 491 g/mol. The van der Waals surface area contributed by atoms with Gasteiger partial charge in [0.05, 0.1) is 0 Å². The van der Waals surface area contributed by atoms with Crippen molar-refractivity contribution < 1.29 is 4.79 Å². The minimum absolute atomic E-state index is 0.194. The summed E-state index contributed by atoms with van der Waals surface area (Å²) in [5.41, 5.74) is 0. The van der Waals surface area contributed by atoms with Crippen LogP contribution in [-0.2, 0) is 4.79 Å². The van der Waals surface area contributed by atoms with E-state index in [1.807, 2.05) is 0 Å². The second-order valence-electron chi connectivity index (χ2n) is 10.5. The summed E-state index contributed by atoms with van der Waals surface area (Å²) in [5.74, 6) is 7.04. The van der Waals surface area contributed by atoms with Crippen molar-refractivity contribution in [2.24, 2.45) is 5.92 Å². The molecule has 0 aromatic rings. The third kappa shape index (κ3) is 23.2. The number of carbonyl (C=O) groups is 1. The molecule has 1 unspecified atom stereocenters. The van der Waals surface area contributed by atoms with Crippen LogP contribution in [0.5, 0.6) is 0 Å². The van der Waals surface area contributed by atoms with Crippen LogP contribution in [0.25, 0.3) is 0 Å². The molecule has 2 N–H and O–H groups in total. The first kappa shape index (κ1) is 34.0. The SMILES string of the molecule is CCCCCCCC(CCCCCCC)NCCC#CCCNC(=O)C(CCCC)CCCCC. The molecule has 0 radical (unpaired) electrons. The number of hydrogen-bond acceptors (Lipinski definition) is 2. The van der Waals surface area contributed by atoms with Gasteiger partial charge in [0.2, 0.25) is 5.91 Å². The highest BCUT2D eigenvalue weighted by atomic mass is 16.1. The summed E-state index contributed by atoms with van der Waals surface area (Å²) in [5, 5.41) is 6.94. The minimum atomic E-state index is 0.194. The highest BCUT2D eigenvalue weighted by Gasteiger charge is 2.16. The predicted molar refractivity (Wildman–Crippen MR) is 156 cm³/mol. The molecule has 3 nitrogen and oxygen atoms in total. The number of nitrogens with one attached hydrogen (secondary N) is 2. The molecule has 0 saturated heterocycles. The van der Waals surface area contributed by atoms with Crippen LogP contribution < -0.4 is 10.6 Å². The van der Waals surface area contributed by atoms with Crippen LogP contribution in [0.4, 0.5) is 0 Å². The van der Waals surface area contributed by atoms with Gasteiger partial charge in [0.1, 0.15) is 0 Å². The molecule has 0 aliphatic rings. The molecule has 0 fully saturated rings. The van der Waals surface area contributed by atoms with Crippen LogP contribution in [0.1, 0.15) is 163 Å². The highest BCUT2D eigenvalue weighted by molar-refractivity contribution is 5.78. The van der Waals surface area contributed by atoms with E-state index in [2.05, 4.69) is 50.2 Å². The zero-order valence-electron chi connectivity index (χ0n) is 24.3. The fourth-order valence-corrected chi connectivity index (χ4v) is 4.74. The van der Waals surface area contributed by atoms with Gasteiger partial charge in [0.25, 0.3) is 0 Å². The van der Waals surface area contributed by atoms with Crippen molar-refractivity contribution in [1.82, 2.24) is 10.6 Å². The van der Waals surface area contributed by atoms with Gasteiger partial charge in [-0.1, -0.05) is 124 Å². The summed E-state index contributed by atoms with van der Waals surface area (Å²) in [4.78, 5) is 12.6. The molecule has 0 aliphatic heterocycles. The molecule has 0 aromatic carbocycles. The molecular formula is C32H62N2O. The van der Waals surface area contributed by atoms with Gasteiger partial charge in [-0.05, 0) is 25.7 Å². The largest absolute Gasteiger partial charge is 0.355 e. The molecule has 35 heavy (non-hydrogen) atoms. The van der Waals surface area contributed by atoms with Crippen LogP contribution >= 0.6 is 0 Å². The van der Waals surface area contributed by atoms with Crippen molar-refractivity contribution in [2.45, 2.75) is 169 Å². The number of rotatable bonds is 25. The Hall–Kier alpha value is -1.01. The van der Waals surface area contributed by atoms with Crippen molar-refractivity contribution in [1.29, 1.82) is 0 Å². The standard InChI is InChI=1S/C32H62N2O/c1-5-9-13-15-20-26-31(27-21-16-14-10-6-2)33-28-22-17-18-23-29-34-32(35)30(24-12-8-4)25-19-11-7-3/h30-31,33H,5-16,19-29H2,1-4H3,(H,34,35). The van der Waals surface area contributed by atoms with Crippen LogP contribution in [0.3, 0.4) is 0 Å². The fourth-order valence-electron chi connectivity index (χ4n) is 4.74. The maximum atomic E-state index is 12.6. The average Bonchev–Trinajstić information content (AvgIpc) is 2.86. The topological polar surface area (TPSA) is 41.1 Å². The van der Waals surface area contributed by atoms with Crippen LogP contribution in [0.15, 0.2) is 0 Å². The van der Waals surface area contributed by atoms with E-state index in [0.717, 1.165) is 45.1 Å². The van der Waals surface area contributed by atoms with Gasteiger partial charge in [-0.15, -0.1) is 11.8 Å². The maximum absolute atomic E-state index is 12.6. The fraction of sp³-hybridized carbons (Fsp3) is 0.906. The van der Waals surface area contributed by atoms with Gasteiger partial charge in [0.15, 0.2) is 0 Å². The van der Waals surface area contributed by atoms with Crippen molar-refractivity contribution in [2.75, 3.05) is 13.1 Å². The molecule has 0 spiro atoms. The van der Waals surface area contributed by atoms with E-state index in [1.54, 1.807) is 0 Å². The molecule has 0 saturated carbocycles. The number of amides is 1. The summed E-state index contributed by atoms with van der Waals surface area (Å²) in [7, 11) is 0. The van der Waals surface area contributed by atoms with E-state index in [0.29, 0.717) is 12.6 Å². The normalized spacial score (nSPS) is 11.9. The smallest absolute Gasteiger partial charge is 0.223 e. The van der Waals surface area contributed by atoms with Crippen molar-refractivity contribution in [3.05, 3.63) is 0 Å². The maximum Gasteiger partial charge on any atom is 0.223 e. The van der Waals surface area contributed by atoms with E-state index >= 15 is 0 Å². The zero-order chi connectivity index (χ0) is 25.8. The molecule has 0 bridgehead atoms. The number of unbranched alkanes of at least 4 members (excludes halogenated alkanes) is 11. The summed E-state index contributed by atoms with van der Waals surface area (Å²) in [6, 6.07) is 0.659. The number of hydrogen-bond donors (Lipinski definition) is 2. The highest BCUT2D eigenvalue weighted by Crippen LogP contribution is 2.17. The molecular weight excluding hydrogens is 428 g/mol. The van der Waals surface area contributed by atoms with Crippen molar-refractivity contribution >= 4 is 5.91 Å². The first-order valence-electron chi connectivity index (χ1n) is 15.7. The van der Waals surface area contributed by atoms with Crippen LogP contribution in [0, 0.1) is 17.8 Å². The lowest BCUT2D eigenvalue weighted by molar-refractivity contribution is -0.125. The number of carbonyl (C=O) groups excluding carboxylic acids is 1. The third-order valence-electron chi connectivity index (χ3n) is 7.10. The van der Waals surface area contributed by atoms with Gasteiger partial charge < -0.3 is 10.6 Å². The van der Waals surface area contributed by atoms with E-state index in [1.165, 1.54) is 96.3 Å². The van der Waals surface area contributed by atoms with Gasteiger partial charge in [-0.3, -0.25) is 4.79 Å². The Morgan fingerprint density at radius 3 is 1.60 bits per heavy atom. The van der Waals surface area contributed by atoms with Crippen molar-refractivity contribution in [3.8, 4) is 11.8 Å². The van der Waals surface area contributed by atoms with Gasteiger partial charge in [-0.25, -0.2) is 0 Å². The Morgan fingerprint density at radius 1 is 0.571 bits per heavy atom. The lowest BCUT2D eigenvalue weighted by Crippen LogP contribution is -2.31. The Bertz CT molecular complexity index is 493. The molecule has 0 heterocycles. The van der Waals surface area contributed by atoms with Gasteiger partial charge in [-0.2, -0.15) is 0 Å². The first-order chi connectivity index (χ1) is 17.2. The first-order valence-corrected chi connectivity index (χ1v) is 15.7. The second kappa shape index (κ2) is 27.6. The van der Waals surface area contributed by atoms with Gasteiger partial charge >= 0.3 is 0 Å². The Morgan fingerprint density at radius 2 is 1.03 bits per heavy atom. The Kier molecular flexibility index (Phi) is 26.8. The van der Waals surface area contributed by atoms with Crippen LogP contribution in [0.2, 0.25) is 0 Å². The predicted octanol–water partition coefficient (Wildman–Crippen LogP) is 8.95. The molecule has 0 aromatic heterocycles. The minimum Gasteiger partial charge on any atom is -0.355 e. The quantitative estimate of drug-likeness (QED) is 0.0990. The molecule has 3 heteroatoms. The van der Waals surface area contributed by atoms with E-state index in [-0.39, 0.29) is 11.8 Å². The Balaban J connectivity index is 4.16. The molecule has 1 atom stereocenters. The monoisotopic (exact) mass is 490 g/mol. The van der Waals surface area contributed by atoms with Crippen LogP contribution in [-0.4, -0.2) is 25.0 Å². The Labute approximate surface area is 220 Å². The molecule has 0 rings (SSSR count). The lowest BCUT2D eigenvalue weighted by atomic mass is 9.94. The second-order valence-corrected chi connectivity index (χ2v) is 10.5. The van der Waals surface area contributed by atoms with Crippen molar-refractivity contribution in [3.63, 3.8) is 0 Å². The third-order valence-corrected chi connectivity index (χ3v) is 7.10. The molecule has 206 valence electrons.